The average Bonchev–Trinajstić information content (AvgIpc) is 2.08. The van der Waals surface area contributed by atoms with Gasteiger partial charge in [0.15, 0.2) is 5.69 Å². The van der Waals surface area contributed by atoms with Crippen LogP contribution in [-0.4, -0.2) is 7.99 Å². The topological polar surface area (TPSA) is 43.8 Å². The summed E-state index contributed by atoms with van der Waals surface area (Å²) in [4.78, 5) is 0. The maximum absolute atomic E-state index is 11.9. The van der Waals surface area contributed by atoms with Gasteiger partial charge in [0.2, 0.25) is 0 Å². The molecule has 62 valence electrons. The second kappa shape index (κ2) is 2.54. The van der Waals surface area contributed by atoms with Crippen LogP contribution in [0.4, 0.5) is 18.9 Å². The fourth-order valence-corrected chi connectivity index (χ4v) is 1.09. The van der Waals surface area contributed by atoms with Gasteiger partial charge in [-0.05, 0) is 0 Å². The third-order valence-electron chi connectivity index (χ3n) is 0.983. The van der Waals surface area contributed by atoms with Crippen LogP contribution < -0.4 is 5.73 Å². The fourth-order valence-electron chi connectivity index (χ4n) is 0.578. The highest BCUT2D eigenvalue weighted by molar-refractivity contribution is 14.1. The third kappa shape index (κ3) is 1.76. The molecule has 0 bridgehead atoms. The molecule has 2 N–H and O–H groups in total. The zero-order valence-corrected chi connectivity index (χ0v) is 7.22. The SMILES string of the molecule is Nc1cn(I)nc1C(F)(F)F. The van der Waals surface area contributed by atoms with Crippen molar-refractivity contribution in [1.82, 2.24) is 7.99 Å². The number of hydrogen-bond acceptors (Lipinski definition) is 2. The Morgan fingerprint density at radius 2 is 2.09 bits per heavy atom. The summed E-state index contributed by atoms with van der Waals surface area (Å²) in [5.74, 6) is 0. The standard InChI is InChI=1S/C4H3F3IN3/c5-4(6,7)3-2(9)1-11(8)10-3/h1H,9H2. The van der Waals surface area contributed by atoms with Gasteiger partial charge < -0.3 is 5.73 Å². The number of rotatable bonds is 0. The smallest absolute Gasteiger partial charge is 0.396 e. The fraction of sp³-hybridized carbons (Fsp3) is 0.250. The summed E-state index contributed by atoms with van der Waals surface area (Å²) in [6.45, 7) is 0. The molecule has 3 nitrogen and oxygen atoms in total. The number of halogens is 4. The van der Waals surface area contributed by atoms with Crippen molar-refractivity contribution < 1.29 is 13.2 Å². The maximum Gasteiger partial charge on any atom is 0.437 e. The van der Waals surface area contributed by atoms with Crippen molar-refractivity contribution >= 4 is 28.6 Å². The van der Waals surface area contributed by atoms with Gasteiger partial charge in [0, 0.05) is 0 Å². The minimum Gasteiger partial charge on any atom is -0.396 e. The molecule has 1 aromatic rings. The van der Waals surface area contributed by atoms with Crippen molar-refractivity contribution in [3.63, 3.8) is 0 Å². The Kier molecular flexibility index (Phi) is 1.99. The van der Waals surface area contributed by atoms with Crippen LogP contribution in [0.1, 0.15) is 5.69 Å². The zero-order chi connectivity index (χ0) is 8.65. The van der Waals surface area contributed by atoms with Gasteiger partial charge in [-0.15, -0.1) is 0 Å². The predicted octanol–water partition coefficient (Wildman–Crippen LogP) is 1.68. The molecule has 0 fully saturated rings. The van der Waals surface area contributed by atoms with Gasteiger partial charge in [-0.2, -0.15) is 18.3 Å². The first-order chi connectivity index (χ1) is 4.91. The first-order valence-electron chi connectivity index (χ1n) is 2.50. The van der Waals surface area contributed by atoms with Crippen LogP contribution in [0.3, 0.4) is 0 Å². The molecule has 11 heavy (non-hydrogen) atoms. The first kappa shape index (κ1) is 8.62. The van der Waals surface area contributed by atoms with E-state index in [1.54, 1.807) is 22.9 Å². The summed E-state index contributed by atoms with van der Waals surface area (Å²) in [6.07, 6.45) is -3.36. The highest BCUT2D eigenvalue weighted by Crippen LogP contribution is 2.32. The van der Waals surface area contributed by atoms with E-state index >= 15 is 0 Å². The van der Waals surface area contributed by atoms with Crippen LogP contribution in [0.5, 0.6) is 0 Å². The summed E-state index contributed by atoms with van der Waals surface area (Å²) in [7, 11) is 0. The van der Waals surface area contributed by atoms with Gasteiger partial charge in [0.05, 0.1) is 34.7 Å². The lowest BCUT2D eigenvalue weighted by Crippen LogP contribution is -2.08. The van der Waals surface area contributed by atoms with Gasteiger partial charge in [-0.1, -0.05) is 0 Å². The minimum atomic E-state index is -4.46. The van der Waals surface area contributed by atoms with Gasteiger partial charge in [0.25, 0.3) is 0 Å². The zero-order valence-electron chi connectivity index (χ0n) is 5.06. The Morgan fingerprint density at radius 3 is 2.27 bits per heavy atom. The van der Waals surface area contributed by atoms with E-state index in [2.05, 4.69) is 5.10 Å². The molecule has 0 unspecified atom stereocenters. The molecule has 0 aliphatic heterocycles. The normalized spacial score (nSPS) is 12.0. The monoisotopic (exact) mass is 277 g/mol. The number of anilines is 1. The van der Waals surface area contributed by atoms with E-state index in [0.29, 0.717) is 0 Å². The van der Waals surface area contributed by atoms with Gasteiger partial charge in [-0.25, -0.2) is 2.90 Å². The minimum absolute atomic E-state index is 0.355. The molecule has 0 aliphatic carbocycles. The van der Waals surface area contributed by atoms with Crippen LogP contribution in [0.25, 0.3) is 0 Å². The van der Waals surface area contributed by atoms with E-state index in [1.807, 2.05) is 0 Å². The van der Waals surface area contributed by atoms with Crippen LogP contribution >= 0.6 is 22.9 Å². The van der Waals surface area contributed by atoms with Crippen molar-refractivity contribution in [2.75, 3.05) is 5.73 Å². The summed E-state index contributed by atoms with van der Waals surface area (Å²) >= 11 is 1.59. The Bertz CT molecular complexity index is 266. The quantitative estimate of drug-likeness (QED) is 0.733. The molecule has 1 aromatic heterocycles. The second-order valence-corrected chi connectivity index (χ2v) is 2.81. The highest BCUT2D eigenvalue weighted by Gasteiger charge is 2.36. The lowest BCUT2D eigenvalue weighted by molar-refractivity contribution is -0.140. The molecule has 0 saturated heterocycles. The summed E-state index contributed by atoms with van der Waals surface area (Å²) in [5, 5.41) is 3.13. The predicted molar refractivity (Wildman–Crippen MR) is 41.1 cm³/mol. The highest BCUT2D eigenvalue weighted by atomic mass is 127. The maximum atomic E-state index is 11.9. The summed E-state index contributed by atoms with van der Waals surface area (Å²) in [5.41, 5.74) is 3.63. The summed E-state index contributed by atoms with van der Waals surface area (Å²) < 4.78 is 36.7. The van der Waals surface area contributed by atoms with E-state index in [1.165, 1.54) is 0 Å². The van der Waals surface area contributed by atoms with E-state index in [-0.39, 0.29) is 5.69 Å². The average molecular weight is 277 g/mol. The Morgan fingerprint density at radius 1 is 1.55 bits per heavy atom. The van der Waals surface area contributed by atoms with Crippen molar-refractivity contribution in [1.29, 1.82) is 0 Å². The van der Waals surface area contributed by atoms with E-state index in [4.69, 9.17) is 5.73 Å². The van der Waals surface area contributed by atoms with E-state index < -0.39 is 11.9 Å². The molecule has 0 radical (unpaired) electrons. The van der Waals surface area contributed by atoms with Crippen molar-refractivity contribution in [2.45, 2.75) is 6.18 Å². The molecule has 0 aromatic carbocycles. The molecule has 0 amide bonds. The number of hydrogen-bond donors (Lipinski definition) is 1. The number of aromatic nitrogens is 2. The van der Waals surface area contributed by atoms with E-state index in [9.17, 15) is 13.2 Å². The molecule has 0 spiro atoms. The number of alkyl halides is 3. The second-order valence-electron chi connectivity index (χ2n) is 1.82. The van der Waals surface area contributed by atoms with Crippen molar-refractivity contribution in [3.05, 3.63) is 11.9 Å². The van der Waals surface area contributed by atoms with Crippen LogP contribution in [-0.2, 0) is 6.18 Å². The Labute approximate surface area is 73.9 Å². The van der Waals surface area contributed by atoms with E-state index in [0.717, 1.165) is 9.09 Å². The lowest BCUT2D eigenvalue weighted by Gasteiger charge is -2.01. The third-order valence-corrected chi connectivity index (χ3v) is 1.48. The van der Waals surface area contributed by atoms with Gasteiger partial charge >= 0.3 is 6.18 Å². The Balaban J connectivity index is 3.13. The molecule has 1 heterocycles. The first-order valence-corrected chi connectivity index (χ1v) is 3.46. The number of nitrogens with zero attached hydrogens (tertiary/aromatic N) is 2. The van der Waals surface area contributed by atoms with Crippen LogP contribution in [0.15, 0.2) is 6.20 Å². The Hall–Kier alpha value is -0.470. The molecule has 7 heteroatoms. The van der Waals surface area contributed by atoms with Gasteiger partial charge in [-0.3, -0.25) is 0 Å². The lowest BCUT2D eigenvalue weighted by atomic mass is 10.4. The summed E-state index contributed by atoms with van der Waals surface area (Å²) in [6, 6.07) is 0. The molecule has 0 aliphatic rings. The van der Waals surface area contributed by atoms with Crippen molar-refractivity contribution in [2.24, 2.45) is 0 Å². The van der Waals surface area contributed by atoms with Gasteiger partial charge in [0.1, 0.15) is 0 Å². The molecule has 1 rings (SSSR count). The number of nitrogens with two attached hydrogens (primary N) is 1. The van der Waals surface area contributed by atoms with Crippen LogP contribution in [0, 0.1) is 0 Å². The van der Waals surface area contributed by atoms with Crippen LogP contribution in [0.2, 0.25) is 0 Å². The molecule has 0 atom stereocenters. The molecule has 0 saturated carbocycles. The largest absolute Gasteiger partial charge is 0.437 e. The number of nitrogen functional groups attached to an aromatic ring is 1. The van der Waals surface area contributed by atoms with Crippen molar-refractivity contribution in [3.8, 4) is 0 Å². The molecular formula is C4H3F3IN3. The molecular weight excluding hydrogens is 274 g/mol.